The first-order valence-electron chi connectivity index (χ1n) is 6.59. The van der Waals surface area contributed by atoms with E-state index in [0.29, 0.717) is 0 Å². The fourth-order valence-electron chi connectivity index (χ4n) is 2.51. The minimum Gasteiger partial charge on any atom is -0.326 e. The molecule has 1 heterocycles. The lowest BCUT2D eigenvalue weighted by molar-refractivity contribution is 0.0979. The van der Waals surface area contributed by atoms with E-state index in [2.05, 4.69) is 32.3 Å². The van der Waals surface area contributed by atoms with Crippen molar-refractivity contribution >= 4 is 0 Å². The molecule has 0 aliphatic carbocycles. The number of likely N-dealkylation sites (tertiary alicyclic amines) is 1. The highest BCUT2D eigenvalue weighted by atomic mass is 15.2. The lowest BCUT2D eigenvalue weighted by atomic mass is 9.88. The van der Waals surface area contributed by atoms with Crippen LogP contribution in [0.1, 0.15) is 52.9 Å². The predicted molar refractivity (Wildman–Crippen MR) is 71.5 cm³/mol. The van der Waals surface area contributed by atoms with Crippen LogP contribution in [0, 0.1) is 0 Å². The Hall–Kier alpha value is -0.340. The van der Waals surface area contributed by atoms with Crippen LogP contribution in [0.25, 0.3) is 0 Å². The molecular weight excluding hydrogens is 196 g/mol. The Morgan fingerprint density at radius 1 is 1.25 bits per heavy atom. The first kappa shape index (κ1) is 13.7. The Balaban J connectivity index is 2.62. The van der Waals surface area contributed by atoms with Gasteiger partial charge < -0.3 is 5.73 Å². The van der Waals surface area contributed by atoms with Crippen molar-refractivity contribution in [2.24, 2.45) is 5.73 Å². The summed E-state index contributed by atoms with van der Waals surface area (Å²) >= 11 is 0. The van der Waals surface area contributed by atoms with Crippen LogP contribution >= 0.6 is 0 Å². The highest BCUT2D eigenvalue weighted by molar-refractivity contribution is 5.01. The van der Waals surface area contributed by atoms with Crippen LogP contribution in [0.5, 0.6) is 0 Å². The second-order valence-corrected chi connectivity index (χ2v) is 5.82. The maximum absolute atomic E-state index is 6.33. The van der Waals surface area contributed by atoms with Gasteiger partial charge in [0.2, 0.25) is 0 Å². The van der Waals surface area contributed by atoms with Crippen molar-refractivity contribution in [3.8, 4) is 0 Å². The summed E-state index contributed by atoms with van der Waals surface area (Å²) in [5.74, 6) is 0. The fraction of sp³-hybridized carbons (Fsp3) is 0.857. The van der Waals surface area contributed by atoms with Gasteiger partial charge in [-0.15, -0.1) is 6.58 Å². The molecule has 0 aromatic rings. The molecule has 94 valence electrons. The monoisotopic (exact) mass is 224 g/mol. The molecule has 1 atom stereocenters. The summed E-state index contributed by atoms with van der Waals surface area (Å²) in [6.07, 6.45) is 6.33. The van der Waals surface area contributed by atoms with E-state index in [1.165, 1.54) is 44.3 Å². The van der Waals surface area contributed by atoms with Gasteiger partial charge in [0, 0.05) is 11.6 Å². The zero-order valence-corrected chi connectivity index (χ0v) is 11.3. The third kappa shape index (κ3) is 3.60. The van der Waals surface area contributed by atoms with Gasteiger partial charge in [0.05, 0.1) is 0 Å². The van der Waals surface area contributed by atoms with Crippen molar-refractivity contribution in [1.29, 1.82) is 0 Å². The van der Waals surface area contributed by atoms with Gasteiger partial charge in [0.25, 0.3) is 0 Å². The Morgan fingerprint density at radius 3 is 2.19 bits per heavy atom. The summed E-state index contributed by atoms with van der Waals surface area (Å²) in [4.78, 5) is 2.58. The number of nitrogens with two attached hydrogens (primary N) is 1. The first-order chi connectivity index (χ1) is 7.44. The molecule has 2 N–H and O–H groups in total. The summed E-state index contributed by atoms with van der Waals surface area (Å²) in [5.41, 5.74) is 7.62. The topological polar surface area (TPSA) is 29.3 Å². The molecule has 2 nitrogen and oxygen atoms in total. The van der Waals surface area contributed by atoms with Crippen LogP contribution in [-0.2, 0) is 0 Å². The van der Waals surface area contributed by atoms with E-state index >= 15 is 0 Å². The molecule has 0 spiro atoms. The Morgan fingerprint density at radius 2 is 1.75 bits per heavy atom. The molecular formula is C14H28N2. The molecule has 0 radical (unpaired) electrons. The second kappa shape index (κ2) is 5.83. The SMILES string of the molecule is C=C(C)CC(N)C(C)(C)N1CCCCCC1. The van der Waals surface area contributed by atoms with Crippen LogP contribution in [0.2, 0.25) is 0 Å². The van der Waals surface area contributed by atoms with E-state index in [9.17, 15) is 0 Å². The molecule has 1 fully saturated rings. The number of hydrogen-bond donors (Lipinski definition) is 1. The van der Waals surface area contributed by atoms with Gasteiger partial charge in [-0.3, -0.25) is 4.90 Å². The van der Waals surface area contributed by atoms with E-state index in [1.807, 2.05) is 0 Å². The summed E-state index contributed by atoms with van der Waals surface area (Å²) in [6.45, 7) is 13.0. The van der Waals surface area contributed by atoms with Crippen molar-refractivity contribution in [3.05, 3.63) is 12.2 Å². The molecule has 0 bridgehead atoms. The van der Waals surface area contributed by atoms with E-state index in [1.54, 1.807) is 0 Å². The molecule has 0 aromatic carbocycles. The van der Waals surface area contributed by atoms with Crippen LogP contribution < -0.4 is 5.73 Å². The van der Waals surface area contributed by atoms with Gasteiger partial charge in [0.1, 0.15) is 0 Å². The molecule has 1 rings (SSSR count). The molecule has 0 amide bonds. The fourth-order valence-corrected chi connectivity index (χ4v) is 2.51. The van der Waals surface area contributed by atoms with Crippen molar-refractivity contribution < 1.29 is 0 Å². The van der Waals surface area contributed by atoms with Gasteiger partial charge in [0.15, 0.2) is 0 Å². The zero-order chi connectivity index (χ0) is 12.2. The number of hydrogen-bond acceptors (Lipinski definition) is 2. The molecule has 0 aromatic heterocycles. The van der Waals surface area contributed by atoms with Crippen LogP contribution in [-0.4, -0.2) is 29.6 Å². The van der Waals surface area contributed by atoms with Gasteiger partial charge in [-0.2, -0.15) is 0 Å². The van der Waals surface area contributed by atoms with Crippen molar-refractivity contribution in [2.75, 3.05) is 13.1 Å². The van der Waals surface area contributed by atoms with E-state index in [4.69, 9.17) is 5.73 Å². The second-order valence-electron chi connectivity index (χ2n) is 5.82. The molecule has 0 saturated carbocycles. The molecule has 1 unspecified atom stereocenters. The Bertz CT molecular complexity index is 225. The maximum Gasteiger partial charge on any atom is 0.0307 e. The smallest absolute Gasteiger partial charge is 0.0307 e. The molecule has 16 heavy (non-hydrogen) atoms. The zero-order valence-electron chi connectivity index (χ0n) is 11.3. The summed E-state index contributed by atoms with van der Waals surface area (Å²) in [5, 5.41) is 0. The van der Waals surface area contributed by atoms with Crippen LogP contribution in [0.4, 0.5) is 0 Å². The summed E-state index contributed by atoms with van der Waals surface area (Å²) in [7, 11) is 0. The Kier molecular flexibility index (Phi) is 5.00. The number of rotatable bonds is 4. The third-order valence-electron chi connectivity index (χ3n) is 3.90. The van der Waals surface area contributed by atoms with Gasteiger partial charge in [-0.25, -0.2) is 0 Å². The van der Waals surface area contributed by atoms with Crippen molar-refractivity contribution in [3.63, 3.8) is 0 Å². The van der Waals surface area contributed by atoms with Gasteiger partial charge >= 0.3 is 0 Å². The number of nitrogens with zero attached hydrogens (tertiary/aromatic N) is 1. The van der Waals surface area contributed by atoms with E-state index in [-0.39, 0.29) is 11.6 Å². The average Bonchev–Trinajstić information content (AvgIpc) is 2.44. The Labute approximate surface area is 101 Å². The van der Waals surface area contributed by atoms with Gasteiger partial charge in [-0.05, 0) is 53.1 Å². The molecule has 1 aliphatic heterocycles. The standard InChI is InChI=1S/C14H28N2/c1-12(2)11-13(15)14(3,4)16-9-7-5-6-8-10-16/h13H,1,5-11,15H2,2-4H3. The predicted octanol–water partition coefficient (Wildman–Crippen LogP) is 2.93. The minimum atomic E-state index is 0.100. The largest absolute Gasteiger partial charge is 0.326 e. The van der Waals surface area contributed by atoms with Crippen LogP contribution in [0.3, 0.4) is 0 Å². The summed E-state index contributed by atoms with van der Waals surface area (Å²) < 4.78 is 0. The molecule has 2 heteroatoms. The lowest BCUT2D eigenvalue weighted by Gasteiger charge is -2.42. The minimum absolute atomic E-state index is 0.100. The van der Waals surface area contributed by atoms with E-state index < -0.39 is 0 Å². The lowest BCUT2D eigenvalue weighted by Crippen LogP contribution is -2.56. The molecule has 1 aliphatic rings. The summed E-state index contributed by atoms with van der Waals surface area (Å²) in [6, 6.07) is 0.197. The molecule has 1 saturated heterocycles. The average molecular weight is 224 g/mol. The maximum atomic E-state index is 6.33. The normalized spacial score (nSPS) is 21.5. The van der Waals surface area contributed by atoms with Crippen molar-refractivity contribution in [2.45, 2.75) is 64.5 Å². The third-order valence-corrected chi connectivity index (χ3v) is 3.90. The first-order valence-corrected chi connectivity index (χ1v) is 6.59. The quantitative estimate of drug-likeness (QED) is 0.744. The van der Waals surface area contributed by atoms with Crippen molar-refractivity contribution in [1.82, 2.24) is 4.90 Å². The highest BCUT2D eigenvalue weighted by Gasteiger charge is 2.32. The van der Waals surface area contributed by atoms with Gasteiger partial charge in [-0.1, -0.05) is 18.4 Å². The van der Waals surface area contributed by atoms with Crippen LogP contribution in [0.15, 0.2) is 12.2 Å². The highest BCUT2D eigenvalue weighted by Crippen LogP contribution is 2.25. The van der Waals surface area contributed by atoms with E-state index in [0.717, 1.165) is 6.42 Å².